The van der Waals surface area contributed by atoms with Crippen LogP contribution in [-0.2, 0) is 7.05 Å². The van der Waals surface area contributed by atoms with Crippen molar-refractivity contribution in [3.8, 4) is 0 Å². The maximum Gasteiger partial charge on any atom is 0.126 e. The summed E-state index contributed by atoms with van der Waals surface area (Å²) in [4.78, 5) is 0. The standard InChI is InChI=1S/C12H19ClN2O2/c1-8-3-5-12(17,6-4-8)11(16)10-9(13)7-14-15(10)2/h7-8,11,16-17H,3-6H2,1-2H3. The second-order valence-corrected chi connectivity index (χ2v) is 5.60. The van der Waals surface area contributed by atoms with Crippen LogP contribution < -0.4 is 0 Å². The Morgan fingerprint density at radius 1 is 1.53 bits per heavy atom. The Hall–Kier alpha value is -0.580. The van der Waals surface area contributed by atoms with Gasteiger partial charge in [-0.25, -0.2) is 0 Å². The third-order valence-electron chi connectivity index (χ3n) is 3.85. The van der Waals surface area contributed by atoms with Crippen molar-refractivity contribution in [3.63, 3.8) is 0 Å². The molecule has 2 rings (SSSR count). The molecule has 0 radical (unpaired) electrons. The van der Waals surface area contributed by atoms with Gasteiger partial charge in [0.05, 0.1) is 22.5 Å². The first-order chi connectivity index (χ1) is 7.94. The molecule has 0 aromatic carbocycles. The van der Waals surface area contributed by atoms with Crippen molar-refractivity contribution < 1.29 is 10.2 Å². The third-order valence-corrected chi connectivity index (χ3v) is 4.14. The Kier molecular flexibility index (Phi) is 3.48. The van der Waals surface area contributed by atoms with Crippen LogP contribution in [0.3, 0.4) is 0 Å². The predicted octanol–water partition coefficient (Wildman–Crippen LogP) is 2.05. The monoisotopic (exact) mass is 258 g/mol. The summed E-state index contributed by atoms with van der Waals surface area (Å²) in [6, 6.07) is 0. The van der Waals surface area contributed by atoms with Crippen molar-refractivity contribution in [1.82, 2.24) is 9.78 Å². The highest BCUT2D eigenvalue weighted by molar-refractivity contribution is 6.31. The Balaban J connectivity index is 2.22. The Morgan fingerprint density at radius 3 is 2.59 bits per heavy atom. The van der Waals surface area contributed by atoms with E-state index in [0.717, 1.165) is 12.8 Å². The van der Waals surface area contributed by atoms with E-state index in [-0.39, 0.29) is 0 Å². The van der Waals surface area contributed by atoms with Gasteiger partial charge in [0.25, 0.3) is 0 Å². The largest absolute Gasteiger partial charge is 0.387 e. The van der Waals surface area contributed by atoms with Gasteiger partial charge < -0.3 is 10.2 Å². The van der Waals surface area contributed by atoms with Crippen molar-refractivity contribution in [1.29, 1.82) is 0 Å². The number of halogens is 1. The molecule has 1 fully saturated rings. The van der Waals surface area contributed by atoms with Gasteiger partial charge in [-0.15, -0.1) is 0 Å². The molecule has 0 amide bonds. The maximum absolute atomic E-state index is 10.5. The van der Waals surface area contributed by atoms with Gasteiger partial charge in [0.15, 0.2) is 0 Å². The minimum atomic E-state index is -1.07. The number of hydrogen-bond donors (Lipinski definition) is 2. The smallest absolute Gasteiger partial charge is 0.126 e. The lowest BCUT2D eigenvalue weighted by atomic mass is 9.76. The average Bonchev–Trinajstić information content (AvgIpc) is 2.62. The van der Waals surface area contributed by atoms with Crippen molar-refractivity contribution in [2.75, 3.05) is 0 Å². The van der Waals surface area contributed by atoms with Crippen LogP contribution in [0.4, 0.5) is 0 Å². The first kappa shape index (κ1) is 12.9. The third kappa shape index (κ3) is 2.34. The molecule has 5 heteroatoms. The maximum atomic E-state index is 10.5. The van der Waals surface area contributed by atoms with Crippen LogP contribution >= 0.6 is 11.6 Å². The second kappa shape index (κ2) is 4.59. The van der Waals surface area contributed by atoms with Crippen LogP contribution in [0, 0.1) is 5.92 Å². The summed E-state index contributed by atoms with van der Waals surface area (Å²) in [6.45, 7) is 2.17. The lowest BCUT2D eigenvalue weighted by Gasteiger charge is -2.38. The second-order valence-electron chi connectivity index (χ2n) is 5.19. The SMILES string of the molecule is CC1CCC(O)(C(O)c2c(Cl)cnn2C)CC1. The number of hydrogen-bond acceptors (Lipinski definition) is 3. The molecule has 0 spiro atoms. The van der Waals surface area contributed by atoms with Crippen molar-refractivity contribution in [3.05, 3.63) is 16.9 Å². The van der Waals surface area contributed by atoms with Gasteiger partial charge in [-0.3, -0.25) is 4.68 Å². The fraction of sp³-hybridized carbons (Fsp3) is 0.750. The Bertz CT molecular complexity index is 378. The zero-order valence-electron chi connectivity index (χ0n) is 10.2. The fourth-order valence-electron chi connectivity index (χ4n) is 2.52. The quantitative estimate of drug-likeness (QED) is 0.854. The normalized spacial score (nSPS) is 31.5. The molecule has 1 unspecified atom stereocenters. The number of aliphatic hydroxyl groups is 2. The highest BCUT2D eigenvalue weighted by atomic mass is 35.5. The zero-order chi connectivity index (χ0) is 12.6. The van der Waals surface area contributed by atoms with E-state index in [4.69, 9.17) is 11.6 Å². The van der Waals surface area contributed by atoms with E-state index in [2.05, 4.69) is 12.0 Å². The first-order valence-corrected chi connectivity index (χ1v) is 6.39. The highest BCUT2D eigenvalue weighted by Gasteiger charge is 2.41. The molecule has 1 saturated carbocycles. The van der Waals surface area contributed by atoms with Gasteiger partial charge in [0, 0.05) is 7.05 Å². The van der Waals surface area contributed by atoms with Gasteiger partial charge in [-0.2, -0.15) is 5.10 Å². The van der Waals surface area contributed by atoms with E-state index in [0.29, 0.717) is 29.5 Å². The van der Waals surface area contributed by atoms with E-state index < -0.39 is 11.7 Å². The number of aromatic nitrogens is 2. The van der Waals surface area contributed by atoms with E-state index in [9.17, 15) is 10.2 Å². The molecule has 1 aromatic rings. The van der Waals surface area contributed by atoms with Gasteiger partial charge >= 0.3 is 0 Å². The number of aryl methyl sites for hydroxylation is 1. The Labute approximate surface area is 106 Å². The van der Waals surface area contributed by atoms with E-state index in [1.54, 1.807) is 7.05 Å². The van der Waals surface area contributed by atoms with E-state index in [1.165, 1.54) is 10.9 Å². The molecular formula is C12H19ClN2O2. The Morgan fingerprint density at radius 2 is 2.12 bits per heavy atom. The summed E-state index contributed by atoms with van der Waals surface area (Å²) < 4.78 is 1.53. The molecule has 0 aliphatic heterocycles. The van der Waals surface area contributed by atoms with Crippen LogP contribution in [0.2, 0.25) is 5.02 Å². The highest BCUT2D eigenvalue weighted by Crippen LogP contribution is 2.41. The molecule has 0 bridgehead atoms. The summed E-state index contributed by atoms with van der Waals surface area (Å²) in [5.41, 5.74) is -0.562. The van der Waals surface area contributed by atoms with Gasteiger partial charge in [0.1, 0.15) is 6.10 Å². The van der Waals surface area contributed by atoms with Crippen molar-refractivity contribution in [2.24, 2.45) is 13.0 Å². The van der Waals surface area contributed by atoms with Gasteiger partial charge in [-0.05, 0) is 31.6 Å². The lowest BCUT2D eigenvalue weighted by molar-refractivity contribution is -0.108. The molecule has 1 aliphatic rings. The molecule has 4 nitrogen and oxygen atoms in total. The summed E-state index contributed by atoms with van der Waals surface area (Å²) >= 11 is 6.00. The molecule has 2 N–H and O–H groups in total. The molecule has 17 heavy (non-hydrogen) atoms. The van der Waals surface area contributed by atoms with Crippen LogP contribution in [0.15, 0.2) is 6.20 Å². The van der Waals surface area contributed by atoms with E-state index in [1.807, 2.05) is 0 Å². The topological polar surface area (TPSA) is 58.3 Å². The fourth-order valence-corrected chi connectivity index (χ4v) is 2.79. The summed E-state index contributed by atoms with van der Waals surface area (Å²) in [5, 5.41) is 25.3. The summed E-state index contributed by atoms with van der Waals surface area (Å²) in [6.07, 6.45) is 3.62. The molecule has 1 aromatic heterocycles. The molecular weight excluding hydrogens is 240 g/mol. The molecule has 1 atom stereocenters. The van der Waals surface area contributed by atoms with Crippen LogP contribution in [0.25, 0.3) is 0 Å². The number of aliphatic hydroxyl groups excluding tert-OH is 1. The molecule has 96 valence electrons. The lowest BCUT2D eigenvalue weighted by Crippen LogP contribution is -2.40. The summed E-state index contributed by atoms with van der Waals surface area (Å²) in [7, 11) is 1.72. The summed E-state index contributed by atoms with van der Waals surface area (Å²) in [5.74, 6) is 0.615. The van der Waals surface area contributed by atoms with Gasteiger partial charge in [-0.1, -0.05) is 18.5 Å². The van der Waals surface area contributed by atoms with Crippen LogP contribution in [0.1, 0.15) is 44.4 Å². The van der Waals surface area contributed by atoms with Gasteiger partial charge in [0.2, 0.25) is 0 Å². The van der Waals surface area contributed by atoms with E-state index >= 15 is 0 Å². The van der Waals surface area contributed by atoms with Crippen molar-refractivity contribution >= 4 is 11.6 Å². The molecule has 1 heterocycles. The van der Waals surface area contributed by atoms with Crippen molar-refractivity contribution in [2.45, 2.75) is 44.3 Å². The number of rotatable bonds is 2. The number of nitrogens with zero attached hydrogens (tertiary/aromatic N) is 2. The molecule has 0 saturated heterocycles. The van der Waals surface area contributed by atoms with Crippen LogP contribution in [-0.4, -0.2) is 25.6 Å². The zero-order valence-corrected chi connectivity index (χ0v) is 11.0. The minimum absolute atomic E-state index is 0.409. The van der Waals surface area contributed by atoms with Crippen LogP contribution in [0.5, 0.6) is 0 Å². The first-order valence-electron chi connectivity index (χ1n) is 6.02. The molecule has 1 aliphatic carbocycles. The minimum Gasteiger partial charge on any atom is -0.387 e. The average molecular weight is 259 g/mol. The predicted molar refractivity (Wildman–Crippen MR) is 65.8 cm³/mol.